The average Bonchev–Trinajstić information content (AvgIpc) is 2.14. The lowest BCUT2D eigenvalue weighted by atomic mass is 10.4. The van der Waals surface area contributed by atoms with E-state index in [-0.39, 0.29) is 19.5 Å². The Bertz CT molecular complexity index is 234. The van der Waals surface area contributed by atoms with Crippen LogP contribution in [0.1, 0.15) is 6.42 Å². The molecule has 72 valence electrons. The Kier molecular flexibility index (Phi) is 6.00. The summed E-state index contributed by atoms with van der Waals surface area (Å²) in [7, 11) is 1.27. The molecule has 0 aliphatic heterocycles. The summed E-state index contributed by atoms with van der Waals surface area (Å²) >= 11 is 0. The van der Waals surface area contributed by atoms with E-state index < -0.39 is 11.9 Å². The largest absolute Gasteiger partial charge is 0.469 e. The summed E-state index contributed by atoms with van der Waals surface area (Å²) in [5.74, 6) is -0.814. The predicted molar refractivity (Wildman–Crippen MR) is 43.7 cm³/mol. The summed E-state index contributed by atoms with van der Waals surface area (Å²) in [6, 6.07) is 0. The van der Waals surface area contributed by atoms with E-state index in [2.05, 4.69) is 20.1 Å². The highest BCUT2D eigenvalue weighted by Gasteiger charge is 2.01. The second kappa shape index (κ2) is 6.93. The molecule has 0 unspecified atom stereocenters. The van der Waals surface area contributed by atoms with Crippen molar-refractivity contribution in [3.63, 3.8) is 0 Å². The quantitative estimate of drug-likeness (QED) is 0.282. The van der Waals surface area contributed by atoms with Gasteiger partial charge in [-0.1, -0.05) is 5.11 Å². The Labute approximate surface area is 74.7 Å². The molecule has 0 aromatic rings. The molecule has 7 nitrogen and oxygen atoms in total. The number of hydrogen-bond acceptors (Lipinski definition) is 4. The number of esters is 1. The van der Waals surface area contributed by atoms with Gasteiger partial charge in [0.1, 0.15) is 6.54 Å². The van der Waals surface area contributed by atoms with Crippen LogP contribution in [0.25, 0.3) is 10.4 Å². The van der Waals surface area contributed by atoms with Crippen LogP contribution in [0.4, 0.5) is 0 Å². The molecule has 0 aliphatic rings. The smallest absolute Gasteiger partial charge is 0.307 e. The van der Waals surface area contributed by atoms with E-state index in [0.717, 1.165) is 0 Å². The Hall–Kier alpha value is -1.75. The Morgan fingerprint density at radius 2 is 2.31 bits per heavy atom. The minimum absolute atomic E-state index is 0.110. The molecular weight excluding hydrogens is 176 g/mol. The summed E-state index contributed by atoms with van der Waals surface area (Å²) in [6.45, 7) is -0.0653. The monoisotopic (exact) mass is 186 g/mol. The van der Waals surface area contributed by atoms with E-state index in [1.54, 1.807) is 0 Å². The SMILES string of the molecule is COC(=O)CCNC(=O)CN=[N+]=[N-]. The molecule has 0 aromatic carbocycles. The third kappa shape index (κ3) is 6.64. The van der Waals surface area contributed by atoms with Gasteiger partial charge >= 0.3 is 5.97 Å². The van der Waals surface area contributed by atoms with Crippen LogP contribution >= 0.6 is 0 Å². The van der Waals surface area contributed by atoms with Crippen LogP contribution in [0.2, 0.25) is 0 Å². The van der Waals surface area contributed by atoms with Crippen molar-refractivity contribution < 1.29 is 14.3 Å². The van der Waals surface area contributed by atoms with Crippen LogP contribution in [-0.4, -0.2) is 32.1 Å². The van der Waals surface area contributed by atoms with Gasteiger partial charge in [-0.2, -0.15) is 0 Å². The summed E-state index contributed by atoms with van der Waals surface area (Å²) in [6.07, 6.45) is 0.110. The maximum atomic E-state index is 10.7. The molecule has 0 rings (SSSR count). The minimum Gasteiger partial charge on any atom is -0.469 e. The van der Waals surface area contributed by atoms with Crippen molar-refractivity contribution in [2.45, 2.75) is 6.42 Å². The molecule has 0 saturated carbocycles. The first-order valence-electron chi connectivity index (χ1n) is 3.55. The fourth-order valence-corrected chi connectivity index (χ4v) is 0.558. The highest BCUT2D eigenvalue weighted by atomic mass is 16.5. The van der Waals surface area contributed by atoms with E-state index in [4.69, 9.17) is 5.53 Å². The lowest BCUT2D eigenvalue weighted by molar-refractivity contribution is -0.140. The van der Waals surface area contributed by atoms with Crippen molar-refractivity contribution in [2.75, 3.05) is 20.2 Å². The van der Waals surface area contributed by atoms with Crippen LogP contribution in [0, 0.1) is 0 Å². The van der Waals surface area contributed by atoms with Gasteiger partial charge in [-0.15, -0.1) is 0 Å². The van der Waals surface area contributed by atoms with Crippen molar-refractivity contribution in [1.29, 1.82) is 0 Å². The van der Waals surface area contributed by atoms with Crippen molar-refractivity contribution >= 4 is 11.9 Å². The van der Waals surface area contributed by atoms with E-state index in [9.17, 15) is 9.59 Å². The fraction of sp³-hybridized carbons (Fsp3) is 0.667. The summed E-state index contributed by atoms with van der Waals surface area (Å²) in [4.78, 5) is 23.7. The second-order valence-corrected chi connectivity index (χ2v) is 2.07. The normalized spacial score (nSPS) is 8.38. The minimum atomic E-state index is -0.415. The summed E-state index contributed by atoms with van der Waals surface area (Å²) in [5, 5.41) is 5.42. The van der Waals surface area contributed by atoms with E-state index in [0.29, 0.717) is 0 Å². The molecule has 0 radical (unpaired) electrons. The summed E-state index contributed by atoms with van der Waals surface area (Å²) in [5.41, 5.74) is 7.87. The number of ether oxygens (including phenoxy) is 1. The maximum absolute atomic E-state index is 10.7. The second-order valence-electron chi connectivity index (χ2n) is 2.07. The summed E-state index contributed by atoms with van der Waals surface area (Å²) < 4.78 is 4.34. The Morgan fingerprint density at radius 3 is 2.85 bits per heavy atom. The van der Waals surface area contributed by atoms with Crippen LogP contribution in [0.3, 0.4) is 0 Å². The molecular formula is C6H10N4O3. The standard InChI is InChI=1S/C6H10N4O3/c1-13-6(12)2-3-8-5(11)4-9-10-7/h2-4H2,1H3,(H,8,11). The molecule has 0 atom stereocenters. The zero-order chi connectivity index (χ0) is 10.1. The predicted octanol–water partition coefficient (Wildman–Crippen LogP) is -0.0240. The molecule has 0 saturated heterocycles. The Morgan fingerprint density at radius 1 is 1.62 bits per heavy atom. The first-order valence-corrected chi connectivity index (χ1v) is 3.55. The maximum Gasteiger partial charge on any atom is 0.307 e. The van der Waals surface area contributed by atoms with E-state index >= 15 is 0 Å². The zero-order valence-electron chi connectivity index (χ0n) is 7.19. The number of nitrogens with one attached hydrogen (secondary N) is 1. The van der Waals surface area contributed by atoms with Crippen molar-refractivity contribution in [2.24, 2.45) is 5.11 Å². The van der Waals surface area contributed by atoms with Crippen LogP contribution < -0.4 is 5.32 Å². The van der Waals surface area contributed by atoms with Crippen LogP contribution in [-0.2, 0) is 14.3 Å². The van der Waals surface area contributed by atoms with Gasteiger partial charge in [0, 0.05) is 11.5 Å². The molecule has 0 bridgehead atoms. The molecule has 7 heteroatoms. The van der Waals surface area contributed by atoms with Gasteiger partial charge < -0.3 is 10.1 Å². The molecule has 0 spiro atoms. The van der Waals surface area contributed by atoms with Gasteiger partial charge in [-0.25, -0.2) is 0 Å². The highest BCUT2D eigenvalue weighted by molar-refractivity contribution is 5.78. The van der Waals surface area contributed by atoms with Crippen LogP contribution in [0.5, 0.6) is 0 Å². The number of hydrogen-bond donors (Lipinski definition) is 1. The highest BCUT2D eigenvalue weighted by Crippen LogP contribution is 1.81. The average molecular weight is 186 g/mol. The first kappa shape index (κ1) is 11.2. The fourth-order valence-electron chi connectivity index (χ4n) is 0.558. The van der Waals surface area contributed by atoms with E-state index in [1.165, 1.54) is 7.11 Å². The molecule has 1 N–H and O–H groups in total. The zero-order valence-corrected chi connectivity index (χ0v) is 7.19. The molecule has 0 aromatic heterocycles. The lowest BCUT2D eigenvalue weighted by Gasteiger charge is -2.00. The molecule has 1 amide bonds. The third-order valence-corrected chi connectivity index (χ3v) is 1.16. The number of nitrogens with zero attached hydrogens (tertiary/aromatic N) is 3. The van der Waals surface area contributed by atoms with Gasteiger partial charge in [0.2, 0.25) is 5.91 Å². The van der Waals surface area contributed by atoms with Crippen molar-refractivity contribution in [1.82, 2.24) is 5.32 Å². The Balaban J connectivity index is 3.47. The van der Waals surface area contributed by atoms with Crippen LogP contribution in [0.15, 0.2) is 5.11 Å². The van der Waals surface area contributed by atoms with Gasteiger partial charge in [-0.3, -0.25) is 9.59 Å². The number of carbonyl (C=O) groups is 2. The van der Waals surface area contributed by atoms with Gasteiger partial charge in [-0.05, 0) is 5.53 Å². The molecule has 0 fully saturated rings. The number of methoxy groups -OCH3 is 1. The topological polar surface area (TPSA) is 104 Å². The molecule has 13 heavy (non-hydrogen) atoms. The van der Waals surface area contributed by atoms with E-state index in [1.807, 2.05) is 0 Å². The number of azide groups is 1. The van der Waals surface area contributed by atoms with Crippen molar-refractivity contribution in [3.05, 3.63) is 10.4 Å². The first-order chi connectivity index (χ1) is 6.20. The number of amides is 1. The number of rotatable bonds is 5. The molecule has 0 heterocycles. The lowest BCUT2D eigenvalue weighted by Crippen LogP contribution is -2.28. The third-order valence-electron chi connectivity index (χ3n) is 1.16. The van der Waals surface area contributed by atoms with Crippen molar-refractivity contribution in [3.8, 4) is 0 Å². The van der Waals surface area contributed by atoms with Gasteiger partial charge in [0.25, 0.3) is 0 Å². The molecule has 0 aliphatic carbocycles. The number of carbonyl (C=O) groups excluding carboxylic acids is 2. The van der Waals surface area contributed by atoms with Gasteiger partial charge in [0.15, 0.2) is 0 Å². The van der Waals surface area contributed by atoms with Gasteiger partial charge in [0.05, 0.1) is 13.5 Å².